The van der Waals surface area contributed by atoms with Gasteiger partial charge in [0, 0.05) is 18.2 Å². The third-order valence-corrected chi connectivity index (χ3v) is 2.88. The number of benzene rings is 1. The average Bonchev–Trinajstić information content (AvgIpc) is 2.42. The van der Waals surface area contributed by atoms with Gasteiger partial charge < -0.3 is 16.2 Å². The number of primary amides is 1. The Morgan fingerprint density at radius 2 is 1.90 bits per heavy atom. The van der Waals surface area contributed by atoms with Crippen molar-refractivity contribution in [3.05, 3.63) is 41.5 Å². The Balaban J connectivity index is 2.45. The predicted molar refractivity (Wildman–Crippen MR) is 82.5 cm³/mol. The van der Waals surface area contributed by atoms with Crippen LogP contribution >= 0.6 is 0 Å². The van der Waals surface area contributed by atoms with Gasteiger partial charge in [-0.25, -0.2) is 0 Å². The summed E-state index contributed by atoms with van der Waals surface area (Å²) >= 11 is 0. The molecule has 0 fully saturated rings. The van der Waals surface area contributed by atoms with E-state index >= 15 is 0 Å². The molecule has 0 aliphatic carbocycles. The van der Waals surface area contributed by atoms with E-state index in [9.17, 15) is 14.7 Å². The Morgan fingerprint density at radius 1 is 1.29 bits per heavy atom. The van der Waals surface area contributed by atoms with Gasteiger partial charge in [-0.2, -0.15) is 0 Å². The van der Waals surface area contributed by atoms with Crippen LogP contribution in [0.5, 0.6) is 0 Å². The van der Waals surface area contributed by atoms with Crippen LogP contribution in [-0.2, 0) is 4.79 Å². The van der Waals surface area contributed by atoms with E-state index in [0.29, 0.717) is 17.9 Å². The lowest BCUT2D eigenvalue weighted by Gasteiger charge is -2.12. The van der Waals surface area contributed by atoms with Crippen LogP contribution in [-0.4, -0.2) is 29.6 Å². The molecule has 1 atom stereocenters. The SMILES string of the molecule is CC(C)CC(O)CNC(=O)/C=C/c1ccc(C(N)=O)cc1. The molecule has 0 heterocycles. The molecule has 0 aliphatic heterocycles. The summed E-state index contributed by atoms with van der Waals surface area (Å²) in [5.41, 5.74) is 6.36. The normalized spacial score (nSPS) is 12.6. The molecule has 114 valence electrons. The summed E-state index contributed by atoms with van der Waals surface area (Å²) in [6.45, 7) is 4.27. The molecule has 5 nitrogen and oxygen atoms in total. The second-order valence-electron chi connectivity index (χ2n) is 5.35. The van der Waals surface area contributed by atoms with E-state index in [-0.39, 0.29) is 12.5 Å². The van der Waals surface area contributed by atoms with Crippen molar-refractivity contribution in [1.29, 1.82) is 0 Å². The van der Waals surface area contributed by atoms with E-state index in [1.54, 1.807) is 30.3 Å². The van der Waals surface area contributed by atoms with E-state index < -0.39 is 12.0 Å². The maximum Gasteiger partial charge on any atom is 0.248 e. The lowest BCUT2D eigenvalue weighted by atomic mass is 10.1. The third kappa shape index (κ3) is 6.72. The van der Waals surface area contributed by atoms with Crippen LogP contribution in [0.1, 0.15) is 36.2 Å². The zero-order valence-corrected chi connectivity index (χ0v) is 12.4. The molecule has 1 unspecified atom stereocenters. The molecule has 0 radical (unpaired) electrons. The average molecular weight is 290 g/mol. The van der Waals surface area contributed by atoms with Gasteiger partial charge in [0.25, 0.3) is 0 Å². The van der Waals surface area contributed by atoms with Crippen molar-refractivity contribution < 1.29 is 14.7 Å². The Bertz CT molecular complexity index is 507. The van der Waals surface area contributed by atoms with Crippen LogP contribution in [0.2, 0.25) is 0 Å². The largest absolute Gasteiger partial charge is 0.391 e. The lowest BCUT2D eigenvalue weighted by Crippen LogP contribution is -2.31. The molecule has 4 N–H and O–H groups in total. The van der Waals surface area contributed by atoms with Crippen molar-refractivity contribution >= 4 is 17.9 Å². The minimum Gasteiger partial charge on any atom is -0.391 e. The number of carbonyl (C=O) groups excluding carboxylic acids is 2. The summed E-state index contributed by atoms with van der Waals surface area (Å²) < 4.78 is 0. The van der Waals surface area contributed by atoms with Gasteiger partial charge in [0.1, 0.15) is 0 Å². The van der Waals surface area contributed by atoms with E-state index in [4.69, 9.17) is 5.73 Å². The van der Waals surface area contributed by atoms with Crippen LogP contribution in [0.15, 0.2) is 30.3 Å². The number of nitrogens with two attached hydrogens (primary N) is 1. The Hall–Kier alpha value is -2.14. The van der Waals surface area contributed by atoms with Gasteiger partial charge in [-0.15, -0.1) is 0 Å². The second kappa shape index (κ2) is 8.21. The summed E-state index contributed by atoms with van der Waals surface area (Å²) in [5.74, 6) is -0.365. The molecule has 0 saturated carbocycles. The zero-order chi connectivity index (χ0) is 15.8. The first kappa shape index (κ1) is 16.9. The van der Waals surface area contributed by atoms with E-state index in [2.05, 4.69) is 5.32 Å². The van der Waals surface area contributed by atoms with Crippen molar-refractivity contribution in [3.63, 3.8) is 0 Å². The van der Waals surface area contributed by atoms with Crippen molar-refractivity contribution in [1.82, 2.24) is 5.32 Å². The van der Waals surface area contributed by atoms with Crippen molar-refractivity contribution in [2.24, 2.45) is 11.7 Å². The summed E-state index contributed by atoms with van der Waals surface area (Å²) in [6, 6.07) is 6.62. The smallest absolute Gasteiger partial charge is 0.248 e. The zero-order valence-electron chi connectivity index (χ0n) is 12.4. The number of nitrogens with one attached hydrogen (secondary N) is 1. The quantitative estimate of drug-likeness (QED) is 0.661. The van der Waals surface area contributed by atoms with Gasteiger partial charge in [0.05, 0.1) is 6.10 Å². The molecular weight excluding hydrogens is 268 g/mol. The molecule has 0 aliphatic rings. The summed E-state index contributed by atoms with van der Waals surface area (Å²) in [4.78, 5) is 22.5. The van der Waals surface area contributed by atoms with Crippen LogP contribution < -0.4 is 11.1 Å². The summed E-state index contributed by atoms with van der Waals surface area (Å²) in [6.07, 6.45) is 3.15. The number of aliphatic hydroxyl groups excluding tert-OH is 1. The van der Waals surface area contributed by atoms with Gasteiger partial charge in [-0.1, -0.05) is 26.0 Å². The number of hydrogen-bond donors (Lipinski definition) is 3. The minimum absolute atomic E-state index is 0.238. The molecule has 5 heteroatoms. The number of hydrogen-bond acceptors (Lipinski definition) is 3. The fraction of sp³-hybridized carbons (Fsp3) is 0.375. The van der Waals surface area contributed by atoms with Crippen LogP contribution in [0.4, 0.5) is 0 Å². The predicted octanol–water partition coefficient (Wildman–Crippen LogP) is 1.32. The molecule has 1 rings (SSSR count). The Labute approximate surface area is 124 Å². The number of aliphatic hydroxyl groups is 1. The fourth-order valence-corrected chi connectivity index (χ4v) is 1.84. The topological polar surface area (TPSA) is 92.4 Å². The number of rotatable bonds is 7. The molecule has 0 spiro atoms. The minimum atomic E-state index is -0.530. The maximum absolute atomic E-state index is 11.6. The maximum atomic E-state index is 11.6. The first-order chi connectivity index (χ1) is 9.88. The van der Waals surface area contributed by atoms with Crippen molar-refractivity contribution in [3.8, 4) is 0 Å². The Morgan fingerprint density at radius 3 is 2.43 bits per heavy atom. The van der Waals surface area contributed by atoms with Gasteiger partial charge >= 0.3 is 0 Å². The van der Waals surface area contributed by atoms with Crippen molar-refractivity contribution in [2.45, 2.75) is 26.4 Å². The third-order valence-electron chi connectivity index (χ3n) is 2.88. The molecule has 0 saturated heterocycles. The standard InChI is InChI=1S/C16H22N2O3/c1-11(2)9-14(19)10-18-15(20)8-5-12-3-6-13(7-4-12)16(17)21/h3-8,11,14,19H,9-10H2,1-2H3,(H2,17,21)(H,18,20)/b8-5+. The highest BCUT2D eigenvalue weighted by Gasteiger charge is 2.07. The summed E-state index contributed by atoms with van der Waals surface area (Å²) in [7, 11) is 0. The van der Waals surface area contributed by atoms with E-state index in [1.807, 2.05) is 13.8 Å². The highest BCUT2D eigenvalue weighted by atomic mass is 16.3. The van der Waals surface area contributed by atoms with Gasteiger partial charge in [-0.3, -0.25) is 9.59 Å². The van der Waals surface area contributed by atoms with Gasteiger partial charge in [-0.05, 0) is 36.1 Å². The first-order valence-electron chi connectivity index (χ1n) is 6.92. The van der Waals surface area contributed by atoms with E-state index in [0.717, 1.165) is 5.56 Å². The van der Waals surface area contributed by atoms with Crippen LogP contribution in [0.25, 0.3) is 6.08 Å². The van der Waals surface area contributed by atoms with E-state index in [1.165, 1.54) is 6.08 Å². The molecule has 21 heavy (non-hydrogen) atoms. The van der Waals surface area contributed by atoms with Gasteiger partial charge in [0.2, 0.25) is 11.8 Å². The Kier molecular flexibility index (Phi) is 6.62. The number of carbonyl (C=O) groups is 2. The summed E-state index contributed by atoms with van der Waals surface area (Å²) in [5, 5.41) is 12.3. The van der Waals surface area contributed by atoms with Crippen molar-refractivity contribution in [2.75, 3.05) is 6.54 Å². The number of amides is 2. The molecule has 0 aromatic heterocycles. The molecule has 1 aromatic carbocycles. The molecular formula is C16H22N2O3. The molecule has 1 aromatic rings. The van der Waals surface area contributed by atoms with Crippen LogP contribution in [0.3, 0.4) is 0 Å². The fourth-order valence-electron chi connectivity index (χ4n) is 1.84. The molecule has 2 amide bonds. The van der Waals surface area contributed by atoms with Gasteiger partial charge in [0.15, 0.2) is 0 Å². The highest BCUT2D eigenvalue weighted by molar-refractivity contribution is 5.94. The monoisotopic (exact) mass is 290 g/mol. The lowest BCUT2D eigenvalue weighted by molar-refractivity contribution is -0.116. The highest BCUT2D eigenvalue weighted by Crippen LogP contribution is 2.06. The molecule has 0 bridgehead atoms. The second-order valence-corrected chi connectivity index (χ2v) is 5.35. The first-order valence-corrected chi connectivity index (χ1v) is 6.92. The van der Waals surface area contributed by atoms with Crippen LogP contribution in [0, 0.1) is 5.92 Å².